The standard InChI is InChI=1S/C18H20/c1-14-6-4-8-15(14)12-13-17-10-5-9-16-7-2-3-11-18(16)17/h2-3,5,7,9-11H,4,6,8,12-13H2,1H3. The molecule has 3 rings (SSSR count). The van der Waals surface area contributed by atoms with Gasteiger partial charge < -0.3 is 0 Å². The summed E-state index contributed by atoms with van der Waals surface area (Å²) in [4.78, 5) is 0. The molecule has 0 nitrogen and oxygen atoms in total. The molecule has 0 fully saturated rings. The van der Waals surface area contributed by atoms with E-state index >= 15 is 0 Å². The molecule has 0 bridgehead atoms. The molecule has 0 N–H and O–H groups in total. The Bertz CT molecular complexity index is 585. The van der Waals surface area contributed by atoms with Crippen LogP contribution in [0.1, 0.15) is 38.2 Å². The smallest absolute Gasteiger partial charge is 0.0152 e. The maximum Gasteiger partial charge on any atom is -0.0152 e. The molecular formula is C18H20. The zero-order valence-corrected chi connectivity index (χ0v) is 11.1. The SMILES string of the molecule is CC1=C(CCc2cccc3ccccc23)CCC1. The number of hydrogen-bond donors (Lipinski definition) is 0. The highest BCUT2D eigenvalue weighted by molar-refractivity contribution is 5.85. The zero-order valence-electron chi connectivity index (χ0n) is 11.1. The minimum atomic E-state index is 1.19. The lowest BCUT2D eigenvalue weighted by molar-refractivity contribution is 0.846. The summed E-state index contributed by atoms with van der Waals surface area (Å²) in [6, 6.07) is 15.4. The molecule has 0 atom stereocenters. The molecule has 2 aromatic rings. The Morgan fingerprint density at radius 2 is 1.72 bits per heavy atom. The van der Waals surface area contributed by atoms with E-state index in [-0.39, 0.29) is 0 Å². The molecular weight excluding hydrogens is 216 g/mol. The molecule has 0 saturated heterocycles. The predicted octanol–water partition coefficient (Wildman–Crippen LogP) is 5.27. The van der Waals surface area contributed by atoms with E-state index in [4.69, 9.17) is 0 Å². The molecule has 0 unspecified atom stereocenters. The number of hydrogen-bond acceptors (Lipinski definition) is 0. The van der Waals surface area contributed by atoms with Crippen molar-refractivity contribution in [3.05, 3.63) is 59.2 Å². The average molecular weight is 236 g/mol. The van der Waals surface area contributed by atoms with Gasteiger partial charge in [-0.1, -0.05) is 53.6 Å². The Balaban J connectivity index is 1.85. The van der Waals surface area contributed by atoms with Gasteiger partial charge >= 0.3 is 0 Å². The molecule has 2 aromatic carbocycles. The molecule has 0 heteroatoms. The molecule has 0 radical (unpaired) electrons. The number of benzene rings is 2. The third kappa shape index (κ3) is 2.20. The molecule has 18 heavy (non-hydrogen) atoms. The van der Waals surface area contributed by atoms with Crippen molar-refractivity contribution in [1.82, 2.24) is 0 Å². The number of fused-ring (bicyclic) bond motifs is 1. The Kier molecular flexibility index (Phi) is 3.19. The predicted molar refractivity (Wildman–Crippen MR) is 78.8 cm³/mol. The van der Waals surface area contributed by atoms with Gasteiger partial charge in [0.2, 0.25) is 0 Å². The summed E-state index contributed by atoms with van der Waals surface area (Å²) >= 11 is 0. The van der Waals surface area contributed by atoms with Crippen molar-refractivity contribution < 1.29 is 0 Å². The second-order valence-electron chi connectivity index (χ2n) is 5.38. The summed E-state index contributed by atoms with van der Waals surface area (Å²) in [7, 11) is 0. The molecule has 0 amide bonds. The third-order valence-corrected chi connectivity index (χ3v) is 4.21. The van der Waals surface area contributed by atoms with Crippen molar-refractivity contribution in [3.63, 3.8) is 0 Å². The highest BCUT2D eigenvalue weighted by atomic mass is 14.2. The van der Waals surface area contributed by atoms with E-state index in [0.717, 1.165) is 0 Å². The van der Waals surface area contributed by atoms with Gasteiger partial charge in [0, 0.05) is 0 Å². The molecule has 1 aliphatic carbocycles. The summed E-state index contributed by atoms with van der Waals surface area (Å²) in [5, 5.41) is 2.79. The molecule has 0 aliphatic heterocycles. The van der Waals surface area contributed by atoms with Gasteiger partial charge in [-0.05, 0) is 55.4 Å². The lowest BCUT2D eigenvalue weighted by atomic mass is 9.97. The van der Waals surface area contributed by atoms with Crippen LogP contribution in [0.15, 0.2) is 53.6 Å². The molecule has 92 valence electrons. The Morgan fingerprint density at radius 1 is 0.889 bits per heavy atom. The topological polar surface area (TPSA) is 0 Å². The van der Waals surface area contributed by atoms with Gasteiger partial charge in [0.25, 0.3) is 0 Å². The van der Waals surface area contributed by atoms with Crippen molar-refractivity contribution in [2.45, 2.75) is 39.0 Å². The fourth-order valence-corrected chi connectivity index (χ4v) is 3.09. The summed E-state index contributed by atoms with van der Waals surface area (Å²) in [6.07, 6.45) is 6.46. The Hall–Kier alpha value is -1.56. The van der Waals surface area contributed by atoms with Gasteiger partial charge in [0.15, 0.2) is 0 Å². The van der Waals surface area contributed by atoms with Crippen LogP contribution >= 0.6 is 0 Å². The first-order valence-electron chi connectivity index (χ1n) is 6.99. The van der Waals surface area contributed by atoms with Crippen LogP contribution in [0.2, 0.25) is 0 Å². The summed E-state index contributed by atoms with van der Waals surface area (Å²) < 4.78 is 0. The van der Waals surface area contributed by atoms with Crippen molar-refractivity contribution in [3.8, 4) is 0 Å². The van der Waals surface area contributed by atoms with E-state index in [1.165, 1.54) is 48.4 Å². The highest BCUT2D eigenvalue weighted by Crippen LogP contribution is 2.30. The van der Waals surface area contributed by atoms with E-state index in [1.54, 1.807) is 11.1 Å². The Labute approximate surface area is 109 Å². The van der Waals surface area contributed by atoms with E-state index in [0.29, 0.717) is 0 Å². The van der Waals surface area contributed by atoms with Crippen LogP contribution in [0, 0.1) is 0 Å². The number of rotatable bonds is 3. The first kappa shape index (κ1) is 11.5. The Morgan fingerprint density at radius 3 is 2.56 bits per heavy atom. The number of aryl methyl sites for hydroxylation is 1. The van der Waals surface area contributed by atoms with Gasteiger partial charge in [0.1, 0.15) is 0 Å². The average Bonchev–Trinajstić information content (AvgIpc) is 2.82. The van der Waals surface area contributed by atoms with E-state index in [1.807, 2.05) is 0 Å². The maximum atomic E-state index is 2.31. The summed E-state index contributed by atoms with van der Waals surface area (Å²) in [5.41, 5.74) is 4.86. The minimum Gasteiger partial charge on any atom is -0.0741 e. The quantitative estimate of drug-likeness (QED) is 0.637. The van der Waals surface area contributed by atoms with Crippen LogP contribution in [-0.2, 0) is 6.42 Å². The van der Waals surface area contributed by atoms with Crippen LogP contribution in [0.4, 0.5) is 0 Å². The first-order chi connectivity index (χ1) is 8.84. The summed E-state index contributed by atoms with van der Waals surface area (Å²) in [6.45, 7) is 2.31. The van der Waals surface area contributed by atoms with Gasteiger partial charge in [-0.3, -0.25) is 0 Å². The van der Waals surface area contributed by atoms with Gasteiger partial charge in [-0.2, -0.15) is 0 Å². The molecule has 0 heterocycles. The molecule has 0 saturated carbocycles. The number of allylic oxidation sites excluding steroid dienone is 2. The largest absolute Gasteiger partial charge is 0.0741 e. The van der Waals surface area contributed by atoms with E-state index < -0.39 is 0 Å². The summed E-state index contributed by atoms with van der Waals surface area (Å²) in [5.74, 6) is 0. The van der Waals surface area contributed by atoms with Crippen LogP contribution in [-0.4, -0.2) is 0 Å². The van der Waals surface area contributed by atoms with E-state index in [9.17, 15) is 0 Å². The molecule has 1 aliphatic rings. The normalized spacial score (nSPS) is 15.6. The fourth-order valence-electron chi connectivity index (χ4n) is 3.09. The second kappa shape index (κ2) is 4.97. The lowest BCUT2D eigenvalue weighted by Crippen LogP contribution is -1.90. The van der Waals surface area contributed by atoms with Crippen LogP contribution < -0.4 is 0 Å². The van der Waals surface area contributed by atoms with Crippen LogP contribution in [0.5, 0.6) is 0 Å². The maximum absolute atomic E-state index is 2.31. The molecule has 0 aromatic heterocycles. The van der Waals surface area contributed by atoms with Crippen LogP contribution in [0.3, 0.4) is 0 Å². The van der Waals surface area contributed by atoms with Gasteiger partial charge in [-0.25, -0.2) is 0 Å². The van der Waals surface area contributed by atoms with Gasteiger partial charge in [-0.15, -0.1) is 0 Å². The lowest BCUT2D eigenvalue weighted by Gasteiger charge is -2.08. The van der Waals surface area contributed by atoms with Crippen molar-refractivity contribution >= 4 is 10.8 Å². The van der Waals surface area contributed by atoms with Crippen LogP contribution in [0.25, 0.3) is 10.8 Å². The van der Waals surface area contributed by atoms with Crippen molar-refractivity contribution in [2.75, 3.05) is 0 Å². The second-order valence-corrected chi connectivity index (χ2v) is 5.38. The molecule has 0 spiro atoms. The fraction of sp³-hybridized carbons (Fsp3) is 0.333. The van der Waals surface area contributed by atoms with Gasteiger partial charge in [0.05, 0.1) is 0 Å². The zero-order chi connectivity index (χ0) is 12.4. The highest BCUT2D eigenvalue weighted by Gasteiger charge is 2.10. The first-order valence-corrected chi connectivity index (χ1v) is 6.99. The monoisotopic (exact) mass is 236 g/mol. The third-order valence-electron chi connectivity index (χ3n) is 4.21. The van der Waals surface area contributed by atoms with Crippen molar-refractivity contribution in [2.24, 2.45) is 0 Å². The van der Waals surface area contributed by atoms with E-state index in [2.05, 4.69) is 49.4 Å². The minimum absolute atomic E-state index is 1.19. The van der Waals surface area contributed by atoms with Crippen molar-refractivity contribution in [1.29, 1.82) is 0 Å².